The lowest BCUT2D eigenvalue weighted by Crippen LogP contribution is -2.36. The van der Waals surface area contributed by atoms with Crippen LogP contribution >= 0.6 is 11.3 Å². The molecule has 2 aromatic rings. The lowest BCUT2D eigenvalue weighted by atomic mass is 10.2. The summed E-state index contributed by atoms with van der Waals surface area (Å²) in [4.78, 5) is 27.3. The molecule has 0 atom stereocenters. The maximum atomic E-state index is 12.5. The van der Waals surface area contributed by atoms with Crippen LogP contribution < -0.4 is 0 Å². The molecule has 28 heavy (non-hydrogen) atoms. The molecule has 0 aromatic carbocycles. The summed E-state index contributed by atoms with van der Waals surface area (Å²) in [5.41, 5.74) is 2.16. The molecule has 146 valence electrons. The Labute approximate surface area is 168 Å². The van der Waals surface area contributed by atoms with Gasteiger partial charge in [-0.2, -0.15) is 10.5 Å². The Hall–Kier alpha value is -3.10. The number of hydrogen-bond donors (Lipinski definition) is 0. The summed E-state index contributed by atoms with van der Waals surface area (Å²) in [6.45, 7) is 4.47. The highest BCUT2D eigenvalue weighted by molar-refractivity contribution is 7.09. The highest BCUT2D eigenvalue weighted by Gasteiger charge is 2.20. The fourth-order valence-electron chi connectivity index (χ4n) is 2.84. The molecular weight excluding hydrogens is 376 g/mol. The number of nitriles is 2. The first-order chi connectivity index (χ1) is 13.5. The van der Waals surface area contributed by atoms with E-state index >= 15 is 0 Å². The van der Waals surface area contributed by atoms with Crippen LogP contribution in [0.4, 0.5) is 0 Å². The van der Waals surface area contributed by atoms with Crippen molar-refractivity contribution in [3.8, 4) is 12.1 Å². The molecule has 0 spiro atoms. The molecule has 0 N–H and O–H groups in total. The number of aryl methyl sites for hydroxylation is 1. The summed E-state index contributed by atoms with van der Waals surface area (Å²) in [7, 11) is 0. The summed E-state index contributed by atoms with van der Waals surface area (Å²) in [5.74, 6) is -0.967. The van der Waals surface area contributed by atoms with E-state index in [9.17, 15) is 9.59 Å². The van der Waals surface area contributed by atoms with E-state index in [0.29, 0.717) is 12.1 Å². The summed E-state index contributed by atoms with van der Waals surface area (Å²) >= 11 is 1.65. The van der Waals surface area contributed by atoms with E-state index in [-0.39, 0.29) is 25.9 Å². The molecule has 1 amide bonds. The van der Waals surface area contributed by atoms with Crippen LogP contribution in [-0.4, -0.2) is 41.0 Å². The molecule has 0 fully saturated rings. The summed E-state index contributed by atoms with van der Waals surface area (Å²) in [5, 5.41) is 19.4. The van der Waals surface area contributed by atoms with Crippen molar-refractivity contribution in [1.29, 1.82) is 10.5 Å². The highest BCUT2D eigenvalue weighted by atomic mass is 32.1. The third kappa shape index (κ3) is 5.45. The molecule has 0 aliphatic carbocycles. The molecule has 2 heterocycles. The van der Waals surface area contributed by atoms with Crippen LogP contribution in [0.15, 0.2) is 23.6 Å². The Morgan fingerprint density at radius 3 is 2.46 bits per heavy atom. The van der Waals surface area contributed by atoms with E-state index in [1.54, 1.807) is 17.4 Å². The number of rotatable bonds is 9. The third-order valence-corrected chi connectivity index (χ3v) is 5.22. The highest BCUT2D eigenvalue weighted by Crippen LogP contribution is 2.20. The van der Waals surface area contributed by atoms with Gasteiger partial charge in [0, 0.05) is 29.4 Å². The van der Waals surface area contributed by atoms with Gasteiger partial charge in [-0.1, -0.05) is 6.07 Å². The second-order valence-corrected chi connectivity index (χ2v) is 7.26. The van der Waals surface area contributed by atoms with E-state index in [2.05, 4.69) is 0 Å². The van der Waals surface area contributed by atoms with Crippen LogP contribution in [0, 0.1) is 36.5 Å². The molecule has 7 nitrogen and oxygen atoms in total. The Balaban J connectivity index is 2.01. The quantitative estimate of drug-likeness (QED) is 0.605. The normalized spacial score (nSPS) is 10.1. The minimum Gasteiger partial charge on any atom is -0.452 e. The zero-order valence-corrected chi connectivity index (χ0v) is 16.8. The minimum absolute atomic E-state index is 0.162. The predicted molar refractivity (Wildman–Crippen MR) is 105 cm³/mol. The molecule has 2 rings (SSSR count). The van der Waals surface area contributed by atoms with Crippen molar-refractivity contribution in [2.24, 2.45) is 0 Å². The van der Waals surface area contributed by atoms with Crippen molar-refractivity contribution in [2.45, 2.75) is 33.2 Å². The molecule has 0 bridgehead atoms. The van der Waals surface area contributed by atoms with Crippen molar-refractivity contribution in [2.75, 3.05) is 19.7 Å². The van der Waals surface area contributed by atoms with Gasteiger partial charge in [-0.15, -0.1) is 11.3 Å². The Bertz CT molecular complexity index is 885. The summed E-state index contributed by atoms with van der Waals surface area (Å²) in [6.07, 6.45) is 0.323. The summed E-state index contributed by atoms with van der Waals surface area (Å²) in [6, 6.07) is 9.72. The molecule has 0 radical (unpaired) electrons. The minimum atomic E-state index is -0.556. The van der Waals surface area contributed by atoms with E-state index in [4.69, 9.17) is 15.3 Å². The van der Waals surface area contributed by atoms with E-state index in [0.717, 1.165) is 11.4 Å². The first kappa shape index (κ1) is 21.2. The fraction of sp³-hybridized carbons (Fsp3) is 0.400. The SMILES string of the molecule is Cc1cc(C(=O)OCC(=O)N(CCC#N)CCC#N)c(C)n1Cc1cccs1. The van der Waals surface area contributed by atoms with Crippen LogP contribution in [-0.2, 0) is 16.1 Å². The van der Waals surface area contributed by atoms with Crippen molar-refractivity contribution in [3.63, 3.8) is 0 Å². The van der Waals surface area contributed by atoms with Gasteiger partial charge < -0.3 is 14.2 Å². The molecule has 0 aliphatic heterocycles. The van der Waals surface area contributed by atoms with Crippen molar-refractivity contribution in [3.05, 3.63) is 45.4 Å². The van der Waals surface area contributed by atoms with Crippen molar-refractivity contribution < 1.29 is 14.3 Å². The van der Waals surface area contributed by atoms with Crippen molar-refractivity contribution in [1.82, 2.24) is 9.47 Å². The smallest absolute Gasteiger partial charge is 0.340 e. The number of carbonyl (C=O) groups excluding carboxylic acids is 2. The third-order valence-electron chi connectivity index (χ3n) is 4.35. The number of esters is 1. The number of ether oxygens (including phenoxy) is 1. The van der Waals surface area contributed by atoms with Gasteiger partial charge in [0.2, 0.25) is 0 Å². The Morgan fingerprint density at radius 1 is 1.21 bits per heavy atom. The molecule has 0 saturated heterocycles. The maximum Gasteiger partial charge on any atom is 0.340 e. The van der Waals surface area contributed by atoms with Gasteiger partial charge in [0.05, 0.1) is 37.1 Å². The van der Waals surface area contributed by atoms with E-state index in [1.807, 2.05) is 48.1 Å². The zero-order chi connectivity index (χ0) is 20.5. The lowest BCUT2D eigenvalue weighted by molar-refractivity contribution is -0.134. The first-order valence-corrected chi connectivity index (χ1v) is 9.73. The molecule has 0 saturated carbocycles. The molecular formula is C20H22N4O3S. The molecule has 8 heteroatoms. The topological polar surface area (TPSA) is 99.1 Å². The van der Waals surface area contributed by atoms with Gasteiger partial charge in [0.15, 0.2) is 6.61 Å². The van der Waals surface area contributed by atoms with Crippen LogP contribution in [0.5, 0.6) is 0 Å². The molecule has 0 unspecified atom stereocenters. The monoisotopic (exact) mass is 398 g/mol. The van der Waals surface area contributed by atoms with Gasteiger partial charge in [-0.3, -0.25) is 4.79 Å². The average Bonchev–Trinajstić information content (AvgIpc) is 3.29. The van der Waals surface area contributed by atoms with Crippen molar-refractivity contribution >= 4 is 23.2 Å². The Kier molecular flexibility index (Phi) is 7.79. The van der Waals surface area contributed by atoms with Crippen LogP contribution in [0.2, 0.25) is 0 Å². The number of nitrogens with zero attached hydrogens (tertiary/aromatic N) is 4. The number of thiophene rings is 1. The summed E-state index contributed by atoms with van der Waals surface area (Å²) < 4.78 is 7.25. The van der Waals surface area contributed by atoms with Crippen LogP contribution in [0.25, 0.3) is 0 Å². The fourth-order valence-corrected chi connectivity index (χ4v) is 3.53. The second kappa shape index (κ2) is 10.3. The Morgan fingerprint density at radius 2 is 1.89 bits per heavy atom. The first-order valence-electron chi connectivity index (χ1n) is 8.85. The van der Waals surface area contributed by atoms with E-state index in [1.165, 1.54) is 9.78 Å². The maximum absolute atomic E-state index is 12.5. The lowest BCUT2D eigenvalue weighted by Gasteiger charge is -2.20. The second-order valence-electron chi connectivity index (χ2n) is 6.22. The van der Waals surface area contributed by atoms with Gasteiger partial charge in [-0.05, 0) is 31.4 Å². The number of amides is 1. The van der Waals surface area contributed by atoms with E-state index < -0.39 is 18.5 Å². The van der Waals surface area contributed by atoms with Gasteiger partial charge in [-0.25, -0.2) is 4.79 Å². The average molecular weight is 398 g/mol. The predicted octanol–water partition coefficient (Wildman–Crippen LogP) is 3.03. The standard InChI is InChI=1S/C20H22N4O3S/c1-15-12-18(16(2)24(15)13-17-6-3-11-28-17)20(26)27-14-19(25)23(9-4-7-21)10-5-8-22/h3,6,11-12H,4-5,9-10,13-14H2,1-2H3. The van der Waals surface area contributed by atoms with Gasteiger partial charge in [0.25, 0.3) is 5.91 Å². The number of hydrogen-bond acceptors (Lipinski definition) is 6. The molecule has 0 aliphatic rings. The van der Waals surface area contributed by atoms with Crippen LogP contribution in [0.1, 0.15) is 39.5 Å². The number of aromatic nitrogens is 1. The van der Waals surface area contributed by atoms with Gasteiger partial charge >= 0.3 is 5.97 Å². The zero-order valence-electron chi connectivity index (χ0n) is 16.0. The largest absolute Gasteiger partial charge is 0.452 e. The number of carbonyl (C=O) groups is 2. The van der Waals surface area contributed by atoms with Crippen LogP contribution in [0.3, 0.4) is 0 Å². The molecule has 2 aromatic heterocycles. The van der Waals surface area contributed by atoms with Gasteiger partial charge in [0.1, 0.15) is 0 Å².